The number of aromatic amines is 1. The van der Waals surface area contributed by atoms with E-state index in [2.05, 4.69) is 35.4 Å². The second-order valence-electron chi connectivity index (χ2n) is 5.57. The summed E-state index contributed by atoms with van der Waals surface area (Å²) in [5.41, 5.74) is 4.06. The van der Waals surface area contributed by atoms with Crippen molar-refractivity contribution in [2.45, 2.75) is 20.3 Å². The van der Waals surface area contributed by atoms with Gasteiger partial charge in [0, 0.05) is 36.2 Å². The maximum absolute atomic E-state index is 12.8. The summed E-state index contributed by atoms with van der Waals surface area (Å²) in [4.78, 5) is 18.1. The number of nitrogens with one attached hydrogen (secondary N) is 2. The van der Waals surface area contributed by atoms with E-state index in [-0.39, 0.29) is 5.91 Å². The second-order valence-corrected chi connectivity index (χ2v) is 5.57. The third kappa shape index (κ3) is 2.31. The predicted molar refractivity (Wildman–Crippen MR) is 81.2 cm³/mol. The Morgan fingerprint density at radius 3 is 2.90 bits per heavy atom. The smallest absolute Gasteiger partial charge is 0.256 e. The first-order valence-electron chi connectivity index (χ1n) is 7.26. The largest absolute Gasteiger partial charge is 0.358 e. The first kappa shape index (κ1) is 13.2. The molecule has 4 nitrogen and oxygen atoms in total. The van der Waals surface area contributed by atoms with E-state index >= 15 is 0 Å². The third-order valence-corrected chi connectivity index (χ3v) is 3.98. The van der Waals surface area contributed by atoms with Gasteiger partial charge in [-0.15, -0.1) is 0 Å². The fraction of sp³-hybridized carbons (Fsp3) is 0.438. The Morgan fingerprint density at radius 1 is 1.20 bits per heavy atom. The van der Waals surface area contributed by atoms with Crippen molar-refractivity contribution < 1.29 is 4.79 Å². The van der Waals surface area contributed by atoms with E-state index in [9.17, 15) is 4.79 Å². The summed E-state index contributed by atoms with van der Waals surface area (Å²) < 4.78 is 0. The van der Waals surface area contributed by atoms with Gasteiger partial charge in [-0.2, -0.15) is 0 Å². The van der Waals surface area contributed by atoms with Crippen LogP contribution in [-0.2, 0) is 0 Å². The van der Waals surface area contributed by atoms with Gasteiger partial charge in [0.15, 0.2) is 0 Å². The molecular formula is C16H21N3O. The van der Waals surface area contributed by atoms with Gasteiger partial charge >= 0.3 is 0 Å². The Hall–Kier alpha value is -1.81. The SMILES string of the molecule is Cc1ccc2c(C(=O)N3CCCNCC3)c(C)[nH]c2c1. The highest BCUT2D eigenvalue weighted by atomic mass is 16.2. The number of aryl methyl sites for hydroxylation is 2. The van der Waals surface area contributed by atoms with Crippen LogP contribution in [0, 0.1) is 13.8 Å². The van der Waals surface area contributed by atoms with Crippen LogP contribution < -0.4 is 5.32 Å². The van der Waals surface area contributed by atoms with E-state index in [1.54, 1.807) is 0 Å². The minimum Gasteiger partial charge on any atom is -0.358 e. The van der Waals surface area contributed by atoms with Gasteiger partial charge in [-0.3, -0.25) is 4.79 Å². The van der Waals surface area contributed by atoms with E-state index in [1.165, 1.54) is 5.56 Å². The molecule has 0 spiro atoms. The van der Waals surface area contributed by atoms with Crippen LogP contribution >= 0.6 is 0 Å². The molecular weight excluding hydrogens is 250 g/mol. The zero-order valence-corrected chi connectivity index (χ0v) is 12.1. The minimum atomic E-state index is 0.154. The number of aromatic nitrogens is 1. The van der Waals surface area contributed by atoms with Crippen LogP contribution in [0.4, 0.5) is 0 Å². The van der Waals surface area contributed by atoms with E-state index in [0.29, 0.717) is 0 Å². The van der Waals surface area contributed by atoms with Crippen LogP contribution in [0.3, 0.4) is 0 Å². The van der Waals surface area contributed by atoms with Crippen molar-refractivity contribution in [3.8, 4) is 0 Å². The maximum atomic E-state index is 12.8. The lowest BCUT2D eigenvalue weighted by molar-refractivity contribution is 0.0767. The first-order valence-corrected chi connectivity index (χ1v) is 7.26. The standard InChI is InChI=1S/C16H21N3O/c1-11-4-5-13-14(10-11)18-12(2)15(13)16(20)19-8-3-6-17-7-9-19/h4-5,10,17-18H,3,6-9H2,1-2H3. The molecule has 1 amide bonds. The van der Waals surface area contributed by atoms with Crippen LogP contribution in [0.1, 0.15) is 28.0 Å². The number of nitrogens with zero attached hydrogens (tertiary/aromatic N) is 1. The van der Waals surface area contributed by atoms with Crippen molar-refractivity contribution >= 4 is 16.8 Å². The Balaban J connectivity index is 2.00. The molecule has 2 heterocycles. The number of benzene rings is 1. The summed E-state index contributed by atoms with van der Waals surface area (Å²) in [5.74, 6) is 0.154. The molecule has 0 saturated carbocycles. The number of carbonyl (C=O) groups excluding carboxylic acids is 1. The van der Waals surface area contributed by atoms with Gasteiger partial charge in [0.1, 0.15) is 0 Å². The number of carbonyl (C=O) groups is 1. The zero-order valence-electron chi connectivity index (χ0n) is 12.1. The molecule has 1 aliphatic rings. The van der Waals surface area contributed by atoms with E-state index in [4.69, 9.17) is 0 Å². The van der Waals surface area contributed by atoms with Crippen molar-refractivity contribution in [1.82, 2.24) is 15.2 Å². The zero-order chi connectivity index (χ0) is 14.1. The lowest BCUT2D eigenvalue weighted by Gasteiger charge is -2.20. The molecule has 2 N–H and O–H groups in total. The number of fused-ring (bicyclic) bond motifs is 1. The van der Waals surface area contributed by atoms with E-state index in [0.717, 1.165) is 54.8 Å². The number of H-pyrrole nitrogens is 1. The lowest BCUT2D eigenvalue weighted by Crippen LogP contribution is -2.34. The molecule has 0 atom stereocenters. The number of rotatable bonds is 1. The highest BCUT2D eigenvalue weighted by molar-refractivity contribution is 6.08. The molecule has 1 saturated heterocycles. The Labute approximate surface area is 119 Å². The molecule has 1 aliphatic heterocycles. The van der Waals surface area contributed by atoms with Crippen molar-refractivity contribution in [2.75, 3.05) is 26.2 Å². The molecule has 0 unspecified atom stereocenters. The quantitative estimate of drug-likeness (QED) is 0.835. The fourth-order valence-corrected chi connectivity index (χ4v) is 2.93. The Bertz CT molecular complexity index is 636. The molecule has 1 aromatic heterocycles. The summed E-state index contributed by atoms with van der Waals surface area (Å²) in [6.45, 7) is 7.55. The van der Waals surface area contributed by atoms with Gasteiger partial charge < -0.3 is 15.2 Å². The Morgan fingerprint density at radius 2 is 2.05 bits per heavy atom. The van der Waals surface area contributed by atoms with Crippen LogP contribution in [0.25, 0.3) is 10.9 Å². The van der Waals surface area contributed by atoms with Crippen molar-refractivity contribution in [3.63, 3.8) is 0 Å². The average Bonchev–Trinajstić information content (AvgIpc) is 2.62. The first-order chi connectivity index (χ1) is 9.66. The summed E-state index contributed by atoms with van der Waals surface area (Å²) in [5, 5.41) is 4.37. The molecule has 106 valence electrons. The molecule has 0 radical (unpaired) electrons. The number of hydrogen-bond acceptors (Lipinski definition) is 2. The summed E-state index contributed by atoms with van der Waals surface area (Å²) >= 11 is 0. The maximum Gasteiger partial charge on any atom is 0.256 e. The van der Waals surface area contributed by atoms with Crippen LogP contribution in [0.2, 0.25) is 0 Å². The number of hydrogen-bond donors (Lipinski definition) is 2. The van der Waals surface area contributed by atoms with E-state index in [1.807, 2.05) is 11.8 Å². The molecule has 3 rings (SSSR count). The average molecular weight is 271 g/mol. The summed E-state index contributed by atoms with van der Waals surface area (Å²) in [7, 11) is 0. The minimum absolute atomic E-state index is 0.154. The molecule has 20 heavy (non-hydrogen) atoms. The highest BCUT2D eigenvalue weighted by Gasteiger charge is 2.22. The topological polar surface area (TPSA) is 48.1 Å². The summed E-state index contributed by atoms with van der Waals surface area (Å²) in [6, 6.07) is 6.22. The third-order valence-electron chi connectivity index (χ3n) is 3.98. The van der Waals surface area contributed by atoms with Crippen molar-refractivity contribution in [1.29, 1.82) is 0 Å². The van der Waals surface area contributed by atoms with Gasteiger partial charge in [0.2, 0.25) is 0 Å². The van der Waals surface area contributed by atoms with Gasteiger partial charge in [0.25, 0.3) is 5.91 Å². The predicted octanol–water partition coefficient (Wildman–Crippen LogP) is 2.22. The van der Waals surface area contributed by atoms with Gasteiger partial charge in [0.05, 0.1) is 5.56 Å². The normalized spacial score (nSPS) is 16.4. The molecule has 0 bridgehead atoms. The molecule has 1 fully saturated rings. The van der Waals surface area contributed by atoms with Crippen LogP contribution in [0.15, 0.2) is 18.2 Å². The fourth-order valence-electron chi connectivity index (χ4n) is 2.93. The molecule has 4 heteroatoms. The van der Waals surface area contributed by atoms with Crippen LogP contribution in [-0.4, -0.2) is 42.0 Å². The van der Waals surface area contributed by atoms with Gasteiger partial charge in [-0.25, -0.2) is 0 Å². The second kappa shape index (κ2) is 5.29. The van der Waals surface area contributed by atoms with Crippen molar-refractivity contribution in [2.24, 2.45) is 0 Å². The molecule has 2 aromatic rings. The van der Waals surface area contributed by atoms with Gasteiger partial charge in [-0.05, 0) is 38.4 Å². The highest BCUT2D eigenvalue weighted by Crippen LogP contribution is 2.24. The van der Waals surface area contributed by atoms with Gasteiger partial charge in [-0.1, -0.05) is 12.1 Å². The number of amides is 1. The lowest BCUT2D eigenvalue weighted by atomic mass is 10.1. The van der Waals surface area contributed by atoms with E-state index < -0.39 is 0 Å². The monoisotopic (exact) mass is 271 g/mol. The van der Waals surface area contributed by atoms with Crippen molar-refractivity contribution in [3.05, 3.63) is 35.0 Å². The van der Waals surface area contributed by atoms with Crippen LogP contribution in [0.5, 0.6) is 0 Å². The Kier molecular flexibility index (Phi) is 3.49. The summed E-state index contributed by atoms with van der Waals surface area (Å²) in [6.07, 6.45) is 1.02. The molecule has 0 aliphatic carbocycles. The molecule has 1 aromatic carbocycles.